The Balaban J connectivity index is 2.40. The van der Waals surface area contributed by atoms with E-state index in [1.165, 1.54) is 12.1 Å². The van der Waals surface area contributed by atoms with Crippen LogP contribution in [0.15, 0.2) is 18.2 Å². The molecule has 1 unspecified atom stereocenters. The zero-order chi connectivity index (χ0) is 12.7. The van der Waals surface area contributed by atoms with Gasteiger partial charge in [-0.2, -0.15) is 5.26 Å². The smallest absolute Gasteiger partial charge is 0.165 e. The van der Waals surface area contributed by atoms with E-state index in [1.54, 1.807) is 13.0 Å². The van der Waals surface area contributed by atoms with E-state index in [-0.39, 0.29) is 25.6 Å². The molecule has 92 valence electrons. The molecule has 0 aliphatic rings. The molecule has 0 aliphatic carbocycles. The maximum atomic E-state index is 13.4. The third-order valence-electron chi connectivity index (χ3n) is 2.07. The number of ether oxygens (including phenoxy) is 2. The highest BCUT2D eigenvalue weighted by Gasteiger charge is 2.05. The number of halogens is 1. The molecule has 0 fully saturated rings. The van der Waals surface area contributed by atoms with Crippen molar-refractivity contribution in [2.45, 2.75) is 19.6 Å². The Morgan fingerprint density at radius 2 is 2.24 bits per heavy atom. The Bertz CT molecular complexity index is 403. The molecule has 0 amide bonds. The van der Waals surface area contributed by atoms with Crippen molar-refractivity contribution < 1.29 is 19.0 Å². The Kier molecular flexibility index (Phi) is 5.40. The molecule has 0 saturated carbocycles. The molecule has 0 aliphatic heterocycles. The van der Waals surface area contributed by atoms with Crippen LogP contribution >= 0.6 is 0 Å². The molecule has 4 nitrogen and oxygen atoms in total. The monoisotopic (exact) mass is 239 g/mol. The second-order valence-corrected chi connectivity index (χ2v) is 3.41. The van der Waals surface area contributed by atoms with Crippen molar-refractivity contribution in [3.8, 4) is 11.8 Å². The summed E-state index contributed by atoms with van der Waals surface area (Å²) in [5.74, 6) is -0.416. The van der Waals surface area contributed by atoms with E-state index in [0.717, 1.165) is 0 Å². The number of nitrogens with zero attached hydrogens (tertiary/aromatic N) is 1. The van der Waals surface area contributed by atoms with Crippen molar-refractivity contribution >= 4 is 0 Å². The molecule has 0 radical (unpaired) electrons. The third kappa shape index (κ3) is 4.39. The second-order valence-electron chi connectivity index (χ2n) is 3.41. The lowest BCUT2D eigenvalue weighted by Crippen LogP contribution is -2.13. The highest BCUT2D eigenvalue weighted by molar-refractivity contribution is 5.28. The highest BCUT2D eigenvalue weighted by atomic mass is 19.1. The first kappa shape index (κ1) is 13.4. The fourth-order valence-corrected chi connectivity index (χ4v) is 1.17. The summed E-state index contributed by atoms with van der Waals surface area (Å²) in [6.07, 6.45) is -0.500. The minimum atomic E-state index is -0.523. The molecule has 1 aromatic carbocycles. The minimum Gasteiger partial charge on any atom is -0.488 e. The summed E-state index contributed by atoms with van der Waals surface area (Å²) in [4.78, 5) is 0. The predicted octanol–water partition coefficient (Wildman–Crippen LogP) is 1.63. The Morgan fingerprint density at radius 3 is 2.82 bits per heavy atom. The van der Waals surface area contributed by atoms with E-state index in [9.17, 15) is 4.39 Å². The number of nitriles is 1. The van der Waals surface area contributed by atoms with Gasteiger partial charge in [-0.05, 0) is 24.6 Å². The van der Waals surface area contributed by atoms with Crippen LogP contribution in [0.3, 0.4) is 0 Å². The molecule has 5 heteroatoms. The molecule has 0 heterocycles. The van der Waals surface area contributed by atoms with Crippen LogP contribution in [-0.2, 0) is 11.3 Å². The molecule has 1 atom stereocenters. The minimum absolute atomic E-state index is 0.107. The third-order valence-corrected chi connectivity index (χ3v) is 2.07. The largest absolute Gasteiger partial charge is 0.488 e. The molecule has 0 spiro atoms. The standard InChI is InChI=1S/C12H14FNO3/c1-9(7-14)16-4-5-17-12-3-2-10(8-15)6-11(12)13/h2-3,6,9,15H,4-5,8H2,1H3. The zero-order valence-corrected chi connectivity index (χ0v) is 9.52. The van der Waals surface area contributed by atoms with Crippen LogP contribution in [0.2, 0.25) is 0 Å². The average Bonchev–Trinajstić information content (AvgIpc) is 2.35. The van der Waals surface area contributed by atoms with Gasteiger partial charge in [0.15, 0.2) is 11.6 Å². The number of aliphatic hydroxyl groups is 1. The highest BCUT2D eigenvalue weighted by Crippen LogP contribution is 2.18. The Morgan fingerprint density at radius 1 is 1.47 bits per heavy atom. The molecular weight excluding hydrogens is 225 g/mol. The van der Waals surface area contributed by atoms with Crippen LogP contribution in [-0.4, -0.2) is 24.4 Å². The van der Waals surface area contributed by atoms with Crippen LogP contribution in [0.1, 0.15) is 12.5 Å². The van der Waals surface area contributed by atoms with Gasteiger partial charge in [-0.1, -0.05) is 6.07 Å². The van der Waals surface area contributed by atoms with Gasteiger partial charge in [-0.25, -0.2) is 4.39 Å². The maximum absolute atomic E-state index is 13.4. The van der Waals surface area contributed by atoms with Gasteiger partial charge in [-0.3, -0.25) is 0 Å². The van der Waals surface area contributed by atoms with E-state index >= 15 is 0 Å². The molecule has 1 N–H and O–H groups in total. The SMILES string of the molecule is CC(C#N)OCCOc1ccc(CO)cc1F. The van der Waals surface area contributed by atoms with Gasteiger partial charge in [-0.15, -0.1) is 0 Å². The summed E-state index contributed by atoms with van der Waals surface area (Å²) in [5.41, 5.74) is 0.490. The number of benzene rings is 1. The van der Waals surface area contributed by atoms with Crippen LogP contribution in [0.5, 0.6) is 5.75 Å². The van der Waals surface area contributed by atoms with Crippen molar-refractivity contribution in [3.63, 3.8) is 0 Å². The molecule has 17 heavy (non-hydrogen) atoms. The van der Waals surface area contributed by atoms with Gasteiger partial charge in [0.2, 0.25) is 0 Å². The van der Waals surface area contributed by atoms with E-state index in [0.29, 0.717) is 5.56 Å². The van der Waals surface area contributed by atoms with Crippen LogP contribution in [0, 0.1) is 17.1 Å². The summed E-state index contributed by atoms with van der Waals surface area (Å²) in [6.45, 7) is 1.80. The lowest BCUT2D eigenvalue weighted by molar-refractivity contribution is 0.0733. The van der Waals surface area contributed by atoms with Gasteiger partial charge >= 0.3 is 0 Å². The molecule has 0 saturated heterocycles. The van der Waals surface area contributed by atoms with Gasteiger partial charge < -0.3 is 14.6 Å². The first-order valence-corrected chi connectivity index (χ1v) is 5.20. The summed E-state index contributed by atoms with van der Waals surface area (Å²) >= 11 is 0. The van der Waals surface area contributed by atoms with E-state index < -0.39 is 11.9 Å². The second kappa shape index (κ2) is 6.84. The van der Waals surface area contributed by atoms with E-state index in [4.69, 9.17) is 19.8 Å². The predicted molar refractivity (Wildman–Crippen MR) is 58.8 cm³/mol. The normalized spacial score (nSPS) is 11.9. The van der Waals surface area contributed by atoms with Crippen LogP contribution in [0.25, 0.3) is 0 Å². The van der Waals surface area contributed by atoms with E-state index in [1.807, 2.05) is 6.07 Å². The molecule has 0 aromatic heterocycles. The molecule has 1 aromatic rings. The van der Waals surface area contributed by atoms with Gasteiger partial charge in [0.25, 0.3) is 0 Å². The fraction of sp³-hybridized carbons (Fsp3) is 0.417. The Hall–Kier alpha value is -1.64. The van der Waals surface area contributed by atoms with Gasteiger partial charge in [0.05, 0.1) is 19.3 Å². The van der Waals surface area contributed by atoms with Crippen LogP contribution in [0.4, 0.5) is 4.39 Å². The van der Waals surface area contributed by atoms with Crippen molar-refractivity contribution in [1.82, 2.24) is 0 Å². The van der Waals surface area contributed by atoms with Crippen molar-refractivity contribution in [2.24, 2.45) is 0 Å². The topological polar surface area (TPSA) is 62.5 Å². The van der Waals surface area contributed by atoms with Crippen molar-refractivity contribution in [3.05, 3.63) is 29.6 Å². The lowest BCUT2D eigenvalue weighted by Gasteiger charge is -2.09. The van der Waals surface area contributed by atoms with E-state index in [2.05, 4.69) is 0 Å². The summed E-state index contributed by atoms with van der Waals surface area (Å²) < 4.78 is 23.5. The van der Waals surface area contributed by atoms with Gasteiger partial charge in [0.1, 0.15) is 12.7 Å². The quantitative estimate of drug-likeness (QED) is 0.766. The maximum Gasteiger partial charge on any atom is 0.165 e. The number of aliphatic hydroxyl groups excluding tert-OH is 1. The molecule has 1 rings (SSSR count). The number of hydrogen-bond donors (Lipinski definition) is 1. The zero-order valence-electron chi connectivity index (χ0n) is 9.52. The Labute approximate surface area is 99.2 Å². The fourth-order valence-electron chi connectivity index (χ4n) is 1.17. The van der Waals surface area contributed by atoms with Gasteiger partial charge in [0, 0.05) is 0 Å². The van der Waals surface area contributed by atoms with Crippen LogP contribution < -0.4 is 4.74 Å². The number of rotatable bonds is 6. The summed E-state index contributed by atoms with van der Waals surface area (Å²) in [7, 11) is 0. The summed E-state index contributed by atoms with van der Waals surface area (Å²) in [5, 5.41) is 17.3. The average molecular weight is 239 g/mol. The van der Waals surface area contributed by atoms with Crippen molar-refractivity contribution in [2.75, 3.05) is 13.2 Å². The first-order valence-electron chi connectivity index (χ1n) is 5.20. The molecular formula is C12H14FNO3. The molecule has 0 bridgehead atoms. The summed E-state index contributed by atoms with van der Waals surface area (Å²) in [6, 6.07) is 6.16. The lowest BCUT2D eigenvalue weighted by atomic mass is 10.2. The number of hydrogen-bond acceptors (Lipinski definition) is 4. The first-order chi connectivity index (χ1) is 8.17. The van der Waals surface area contributed by atoms with Crippen molar-refractivity contribution in [1.29, 1.82) is 5.26 Å².